The third kappa shape index (κ3) is 3.71. The van der Waals surface area contributed by atoms with Crippen LogP contribution >= 0.6 is 11.8 Å². The number of hydrogen-bond donors (Lipinski definition) is 3. The molecule has 1 heterocycles. The van der Waals surface area contributed by atoms with Gasteiger partial charge in [-0.2, -0.15) is 11.8 Å². The Bertz CT molecular complexity index is 417. The van der Waals surface area contributed by atoms with Crippen LogP contribution in [-0.2, 0) is 11.3 Å². The quantitative estimate of drug-likeness (QED) is 0.540. The number of nitrogens with two attached hydrogens (primary N) is 1. The molecule has 0 amide bonds. The Labute approximate surface area is 117 Å². The summed E-state index contributed by atoms with van der Waals surface area (Å²) in [5, 5.41) is 4.14. The first-order chi connectivity index (χ1) is 9.26. The fourth-order valence-corrected chi connectivity index (χ4v) is 3.34. The van der Waals surface area contributed by atoms with Gasteiger partial charge in [0.15, 0.2) is 5.82 Å². The predicted octanol–water partition coefficient (Wildman–Crippen LogP) is 1.60. The number of anilines is 2. The Balaban J connectivity index is 2.12. The van der Waals surface area contributed by atoms with Gasteiger partial charge in [0.05, 0.1) is 0 Å². The van der Waals surface area contributed by atoms with Gasteiger partial charge in [-0.05, 0) is 19.1 Å². The molecule has 4 N–H and O–H groups in total. The molecule has 0 aliphatic heterocycles. The molecule has 2 rings (SSSR count). The highest BCUT2D eigenvalue weighted by Gasteiger charge is 2.26. The lowest BCUT2D eigenvalue weighted by molar-refractivity contribution is 0.178. The molecule has 0 bridgehead atoms. The standard InChI is InChI=1S/C12H21N5OS/c1-18-7-12-15-10(6-11(16-12)17-13)14-8-4-3-5-9(8)19-2/h6,8-9H,3-5,7,13H2,1-2H3,(H2,14,15,16,17). The number of ether oxygens (including phenoxy) is 1. The van der Waals surface area contributed by atoms with E-state index in [-0.39, 0.29) is 0 Å². The topological polar surface area (TPSA) is 85.1 Å². The first-order valence-electron chi connectivity index (χ1n) is 6.39. The van der Waals surface area contributed by atoms with Crippen LogP contribution in [0.25, 0.3) is 0 Å². The number of aromatic nitrogens is 2. The van der Waals surface area contributed by atoms with Crippen molar-refractivity contribution in [3.8, 4) is 0 Å². The minimum atomic E-state index is 0.376. The molecule has 106 valence electrons. The molecular weight excluding hydrogens is 262 g/mol. The van der Waals surface area contributed by atoms with Crippen molar-refractivity contribution in [2.24, 2.45) is 5.84 Å². The molecule has 0 saturated heterocycles. The van der Waals surface area contributed by atoms with Crippen LogP contribution in [0.4, 0.5) is 11.6 Å². The number of nitrogens with zero attached hydrogens (tertiary/aromatic N) is 2. The van der Waals surface area contributed by atoms with Crippen LogP contribution < -0.4 is 16.6 Å². The van der Waals surface area contributed by atoms with E-state index >= 15 is 0 Å². The third-order valence-electron chi connectivity index (χ3n) is 3.28. The molecule has 0 spiro atoms. The summed E-state index contributed by atoms with van der Waals surface area (Å²) in [6.07, 6.45) is 5.87. The van der Waals surface area contributed by atoms with E-state index in [4.69, 9.17) is 10.6 Å². The highest BCUT2D eigenvalue weighted by molar-refractivity contribution is 7.99. The molecule has 1 aromatic heterocycles. The van der Waals surface area contributed by atoms with Crippen LogP contribution in [0.5, 0.6) is 0 Å². The molecule has 1 fully saturated rings. The van der Waals surface area contributed by atoms with Gasteiger partial charge < -0.3 is 15.5 Å². The Morgan fingerprint density at radius 3 is 2.89 bits per heavy atom. The van der Waals surface area contributed by atoms with Crippen LogP contribution in [0.3, 0.4) is 0 Å². The SMILES string of the molecule is COCc1nc(NN)cc(NC2CCCC2SC)n1. The van der Waals surface area contributed by atoms with Gasteiger partial charge in [0.2, 0.25) is 0 Å². The van der Waals surface area contributed by atoms with E-state index in [1.54, 1.807) is 7.11 Å². The van der Waals surface area contributed by atoms with Crippen molar-refractivity contribution < 1.29 is 4.74 Å². The van der Waals surface area contributed by atoms with E-state index in [1.807, 2.05) is 17.8 Å². The van der Waals surface area contributed by atoms with Crippen LogP contribution in [0, 0.1) is 0 Å². The lowest BCUT2D eigenvalue weighted by atomic mass is 10.2. The number of thioether (sulfide) groups is 1. The zero-order chi connectivity index (χ0) is 13.7. The van der Waals surface area contributed by atoms with Crippen LogP contribution in [0.15, 0.2) is 6.07 Å². The Kier molecular flexibility index (Phi) is 5.24. The molecule has 6 nitrogen and oxygen atoms in total. The van der Waals surface area contributed by atoms with Crippen molar-refractivity contribution in [2.45, 2.75) is 37.2 Å². The Morgan fingerprint density at radius 1 is 1.42 bits per heavy atom. The molecule has 0 radical (unpaired) electrons. The van der Waals surface area contributed by atoms with Crippen molar-refractivity contribution in [3.05, 3.63) is 11.9 Å². The largest absolute Gasteiger partial charge is 0.377 e. The summed E-state index contributed by atoms with van der Waals surface area (Å²) in [7, 11) is 1.62. The fraction of sp³-hybridized carbons (Fsp3) is 0.667. The van der Waals surface area contributed by atoms with Gasteiger partial charge in [-0.15, -0.1) is 0 Å². The Morgan fingerprint density at radius 2 is 2.21 bits per heavy atom. The first-order valence-corrected chi connectivity index (χ1v) is 7.68. The molecule has 1 aliphatic carbocycles. The van der Waals surface area contributed by atoms with Gasteiger partial charge in [0.25, 0.3) is 0 Å². The normalized spacial score (nSPS) is 22.5. The summed E-state index contributed by atoms with van der Waals surface area (Å²) in [5.74, 6) is 7.46. The summed E-state index contributed by atoms with van der Waals surface area (Å²) in [6, 6.07) is 2.29. The summed E-state index contributed by atoms with van der Waals surface area (Å²) in [6.45, 7) is 0.376. The average molecular weight is 283 g/mol. The fourth-order valence-electron chi connectivity index (χ4n) is 2.40. The monoisotopic (exact) mass is 283 g/mol. The maximum absolute atomic E-state index is 5.43. The number of hydrogen-bond acceptors (Lipinski definition) is 7. The second-order valence-electron chi connectivity index (χ2n) is 4.59. The number of methoxy groups -OCH3 is 1. The van der Waals surface area contributed by atoms with E-state index in [1.165, 1.54) is 19.3 Å². The van der Waals surface area contributed by atoms with Gasteiger partial charge in [0.1, 0.15) is 18.2 Å². The zero-order valence-electron chi connectivity index (χ0n) is 11.3. The zero-order valence-corrected chi connectivity index (χ0v) is 12.2. The lowest BCUT2D eigenvalue weighted by Crippen LogP contribution is -2.26. The minimum Gasteiger partial charge on any atom is -0.377 e. The molecule has 2 unspecified atom stereocenters. The van der Waals surface area contributed by atoms with Crippen LogP contribution in [0.1, 0.15) is 25.1 Å². The van der Waals surface area contributed by atoms with Crippen LogP contribution in [0.2, 0.25) is 0 Å². The Hall–Kier alpha value is -1.05. The predicted molar refractivity (Wildman–Crippen MR) is 79.1 cm³/mol. The summed E-state index contributed by atoms with van der Waals surface area (Å²) in [4.78, 5) is 8.69. The first kappa shape index (κ1) is 14.4. The molecular formula is C12H21N5OS. The maximum atomic E-state index is 5.43. The van der Waals surface area contributed by atoms with Crippen molar-refractivity contribution >= 4 is 23.4 Å². The van der Waals surface area contributed by atoms with Gasteiger partial charge in [-0.25, -0.2) is 15.8 Å². The molecule has 19 heavy (non-hydrogen) atoms. The van der Waals surface area contributed by atoms with E-state index < -0.39 is 0 Å². The highest BCUT2D eigenvalue weighted by Crippen LogP contribution is 2.30. The van der Waals surface area contributed by atoms with Crippen molar-refractivity contribution in [2.75, 3.05) is 24.1 Å². The van der Waals surface area contributed by atoms with Gasteiger partial charge in [-0.3, -0.25) is 0 Å². The summed E-state index contributed by atoms with van der Waals surface area (Å²) in [5.41, 5.74) is 2.56. The third-order valence-corrected chi connectivity index (χ3v) is 4.45. The number of nitrogens with one attached hydrogen (secondary N) is 2. The molecule has 0 aromatic carbocycles. The maximum Gasteiger partial charge on any atom is 0.158 e. The molecule has 1 aromatic rings. The number of rotatable bonds is 6. The van der Waals surface area contributed by atoms with E-state index in [2.05, 4.69) is 27.0 Å². The van der Waals surface area contributed by atoms with E-state index in [0.717, 1.165) is 5.82 Å². The molecule has 7 heteroatoms. The minimum absolute atomic E-state index is 0.376. The second kappa shape index (κ2) is 6.93. The summed E-state index contributed by atoms with van der Waals surface area (Å²) < 4.78 is 5.07. The van der Waals surface area contributed by atoms with Crippen molar-refractivity contribution in [1.29, 1.82) is 0 Å². The number of hydrazine groups is 1. The van der Waals surface area contributed by atoms with Gasteiger partial charge in [0, 0.05) is 24.5 Å². The summed E-state index contributed by atoms with van der Waals surface area (Å²) >= 11 is 1.91. The van der Waals surface area contributed by atoms with Gasteiger partial charge in [-0.1, -0.05) is 6.42 Å². The number of nitrogen functional groups attached to an aromatic ring is 1. The van der Waals surface area contributed by atoms with Crippen LogP contribution in [-0.4, -0.2) is 34.6 Å². The lowest BCUT2D eigenvalue weighted by Gasteiger charge is -2.20. The van der Waals surface area contributed by atoms with Crippen molar-refractivity contribution in [1.82, 2.24) is 9.97 Å². The van der Waals surface area contributed by atoms with E-state index in [0.29, 0.717) is 29.5 Å². The second-order valence-corrected chi connectivity index (χ2v) is 5.66. The molecule has 1 aliphatic rings. The molecule has 2 atom stereocenters. The average Bonchev–Trinajstić information content (AvgIpc) is 2.86. The van der Waals surface area contributed by atoms with Gasteiger partial charge >= 0.3 is 0 Å². The van der Waals surface area contributed by atoms with E-state index in [9.17, 15) is 0 Å². The van der Waals surface area contributed by atoms with Crippen molar-refractivity contribution in [3.63, 3.8) is 0 Å². The highest BCUT2D eigenvalue weighted by atomic mass is 32.2. The smallest absolute Gasteiger partial charge is 0.158 e. The molecule has 1 saturated carbocycles.